The first-order chi connectivity index (χ1) is 8.24. The summed E-state index contributed by atoms with van der Waals surface area (Å²) in [5.41, 5.74) is 1.54. The van der Waals surface area contributed by atoms with Crippen molar-refractivity contribution in [3.8, 4) is 0 Å². The Morgan fingerprint density at radius 1 is 1.35 bits per heavy atom. The quantitative estimate of drug-likeness (QED) is 0.737. The van der Waals surface area contributed by atoms with Crippen molar-refractivity contribution < 1.29 is 0 Å². The Bertz CT molecular complexity index is 492. The second-order valence-electron chi connectivity index (χ2n) is 3.98. The maximum Gasteiger partial charge on any atom is 0.226 e. The normalized spacial score (nSPS) is 12.6. The van der Waals surface area contributed by atoms with Crippen LogP contribution in [0.1, 0.15) is 27.2 Å². The van der Waals surface area contributed by atoms with Crippen molar-refractivity contribution in [3.63, 3.8) is 0 Å². The van der Waals surface area contributed by atoms with Gasteiger partial charge in [-0.1, -0.05) is 6.92 Å². The fourth-order valence-electron chi connectivity index (χ4n) is 1.51. The molecule has 0 aliphatic carbocycles. The second kappa shape index (κ2) is 4.99. The molecule has 0 aromatic carbocycles. The van der Waals surface area contributed by atoms with Crippen LogP contribution in [0.3, 0.4) is 0 Å². The molecule has 0 fully saturated rings. The summed E-state index contributed by atoms with van der Waals surface area (Å²) in [6, 6.07) is 0.367. The molecular formula is C11H18N6. The molecule has 0 amide bonds. The molecule has 0 aliphatic rings. The standard InChI is InChI=1S/C11H18N6/c1-4-7(3)15-10-8-9(14-6-13-8)16-11(17-10)12-5-2/h6-7H,4-5H2,1-3H3,(H3,12,13,14,15,16,17). The first-order valence-corrected chi connectivity index (χ1v) is 5.96. The monoisotopic (exact) mass is 234 g/mol. The molecule has 0 saturated heterocycles. The van der Waals surface area contributed by atoms with Crippen LogP contribution in [0.15, 0.2) is 6.33 Å². The van der Waals surface area contributed by atoms with Gasteiger partial charge >= 0.3 is 0 Å². The van der Waals surface area contributed by atoms with Gasteiger partial charge in [-0.3, -0.25) is 0 Å². The molecule has 1 unspecified atom stereocenters. The van der Waals surface area contributed by atoms with E-state index >= 15 is 0 Å². The molecular weight excluding hydrogens is 216 g/mol. The SMILES string of the molecule is CCNc1nc(NC(C)CC)c2[nH]cnc2n1. The maximum atomic E-state index is 4.45. The van der Waals surface area contributed by atoms with Crippen molar-refractivity contribution in [1.29, 1.82) is 0 Å². The summed E-state index contributed by atoms with van der Waals surface area (Å²) in [4.78, 5) is 16.0. The first-order valence-electron chi connectivity index (χ1n) is 5.96. The molecule has 2 aromatic rings. The highest BCUT2D eigenvalue weighted by Gasteiger charge is 2.10. The van der Waals surface area contributed by atoms with Gasteiger partial charge in [0.15, 0.2) is 11.5 Å². The average molecular weight is 234 g/mol. The number of aromatic nitrogens is 4. The minimum Gasteiger partial charge on any atom is -0.366 e. The highest BCUT2D eigenvalue weighted by Crippen LogP contribution is 2.19. The van der Waals surface area contributed by atoms with Gasteiger partial charge in [-0.05, 0) is 20.3 Å². The summed E-state index contributed by atoms with van der Waals surface area (Å²) in [5, 5.41) is 6.46. The number of hydrogen-bond acceptors (Lipinski definition) is 5. The van der Waals surface area contributed by atoms with Crippen LogP contribution in [0.25, 0.3) is 11.2 Å². The number of aromatic amines is 1. The van der Waals surface area contributed by atoms with E-state index in [1.54, 1.807) is 6.33 Å². The molecule has 2 aromatic heterocycles. The van der Waals surface area contributed by atoms with E-state index in [9.17, 15) is 0 Å². The van der Waals surface area contributed by atoms with E-state index in [-0.39, 0.29) is 0 Å². The minimum atomic E-state index is 0.367. The van der Waals surface area contributed by atoms with Gasteiger partial charge in [0, 0.05) is 12.6 Å². The number of imidazole rings is 1. The molecule has 1 atom stereocenters. The summed E-state index contributed by atoms with van der Waals surface area (Å²) in [5.74, 6) is 1.41. The molecule has 2 rings (SSSR count). The molecule has 6 nitrogen and oxygen atoms in total. The third kappa shape index (κ3) is 2.46. The van der Waals surface area contributed by atoms with Gasteiger partial charge in [-0.2, -0.15) is 9.97 Å². The van der Waals surface area contributed by atoms with E-state index in [1.165, 1.54) is 0 Å². The Morgan fingerprint density at radius 3 is 2.88 bits per heavy atom. The lowest BCUT2D eigenvalue weighted by atomic mass is 10.2. The van der Waals surface area contributed by atoms with Crippen LogP contribution in [0.2, 0.25) is 0 Å². The Kier molecular flexibility index (Phi) is 3.41. The summed E-state index contributed by atoms with van der Waals surface area (Å²) < 4.78 is 0. The van der Waals surface area contributed by atoms with Crippen LogP contribution in [0, 0.1) is 0 Å². The molecule has 3 N–H and O–H groups in total. The van der Waals surface area contributed by atoms with Crippen molar-refractivity contribution in [2.24, 2.45) is 0 Å². The van der Waals surface area contributed by atoms with Crippen molar-refractivity contribution in [3.05, 3.63) is 6.33 Å². The van der Waals surface area contributed by atoms with Crippen LogP contribution >= 0.6 is 0 Å². The van der Waals surface area contributed by atoms with Gasteiger partial charge in [0.1, 0.15) is 5.52 Å². The topological polar surface area (TPSA) is 78.5 Å². The Balaban J connectivity index is 2.39. The molecule has 0 aliphatic heterocycles. The first kappa shape index (κ1) is 11.6. The molecule has 92 valence electrons. The van der Waals surface area contributed by atoms with Gasteiger partial charge in [-0.25, -0.2) is 4.98 Å². The van der Waals surface area contributed by atoms with E-state index in [0.717, 1.165) is 24.3 Å². The number of hydrogen-bond donors (Lipinski definition) is 3. The van der Waals surface area contributed by atoms with Crippen molar-refractivity contribution >= 4 is 22.9 Å². The summed E-state index contributed by atoms with van der Waals surface area (Å²) in [6.45, 7) is 7.06. The van der Waals surface area contributed by atoms with Gasteiger partial charge in [0.2, 0.25) is 5.95 Å². The number of rotatable bonds is 5. The van der Waals surface area contributed by atoms with Gasteiger partial charge in [-0.15, -0.1) is 0 Å². The average Bonchev–Trinajstić information content (AvgIpc) is 2.77. The lowest BCUT2D eigenvalue weighted by Crippen LogP contribution is -2.16. The third-order valence-electron chi connectivity index (χ3n) is 2.62. The zero-order chi connectivity index (χ0) is 12.3. The Labute approximate surface area is 100 Å². The van der Waals surface area contributed by atoms with E-state index in [0.29, 0.717) is 17.6 Å². The highest BCUT2D eigenvalue weighted by molar-refractivity contribution is 5.83. The number of nitrogens with zero attached hydrogens (tertiary/aromatic N) is 3. The third-order valence-corrected chi connectivity index (χ3v) is 2.62. The van der Waals surface area contributed by atoms with Gasteiger partial charge in [0.25, 0.3) is 0 Å². The number of H-pyrrole nitrogens is 1. The van der Waals surface area contributed by atoms with Crippen LogP contribution in [-0.2, 0) is 0 Å². The lowest BCUT2D eigenvalue weighted by molar-refractivity contribution is 0.760. The Hall–Kier alpha value is -1.85. The van der Waals surface area contributed by atoms with Crippen molar-refractivity contribution in [2.45, 2.75) is 33.2 Å². The smallest absolute Gasteiger partial charge is 0.226 e. The summed E-state index contributed by atoms with van der Waals surface area (Å²) in [6.07, 6.45) is 2.67. The van der Waals surface area contributed by atoms with Crippen LogP contribution in [0.4, 0.5) is 11.8 Å². The van der Waals surface area contributed by atoms with E-state index in [2.05, 4.69) is 44.4 Å². The molecule has 2 heterocycles. The molecule has 0 radical (unpaired) electrons. The summed E-state index contributed by atoms with van der Waals surface area (Å²) in [7, 11) is 0. The fourth-order valence-corrected chi connectivity index (χ4v) is 1.51. The van der Waals surface area contributed by atoms with Crippen LogP contribution in [0.5, 0.6) is 0 Å². The molecule has 0 saturated carbocycles. The predicted molar refractivity (Wildman–Crippen MR) is 69.2 cm³/mol. The predicted octanol–water partition coefficient (Wildman–Crippen LogP) is 2.00. The second-order valence-corrected chi connectivity index (χ2v) is 3.98. The van der Waals surface area contributed by atoms with Crippen molar-refractivity contribution in [1.82, 2.24) is 19.9 Å². The van der Waals surface area contributed by atoms with Gasteiger partial charge in [0.05, 0.1) is 6.33 Å². The molecule has 6 heteroatoms. The van der Waals surface area contributed by atoms with E-state index in [4.69, 9.17) is 0 Å². The number of nitrogens with one attached hydrogen (secondary N) is 3. The van der Waals surface area contributed by atoms with E-state index in [1.807, 2.05) is 6.92 Å². The van der Waals surface area contributed by atoms with Crippen LogP contribution < -0.4 is 10.6 Å². The Morgan fingerprint density at radius 2 is 2.18 bits per heavy atom. The van der Waals surface area contributed by atoms with Crippen molar-refractivity contribution in [2.75, 3.05) is 17.2 Å². The minimum absolute atomic E-state index is 0.367. The number of fused-ring (bicyclic) bond motifs is 1. The maximum absolute atomic E-state index is 4.45. The van der Waals surface area contributed by atoms with E-state index < -0.39 is 0 Å². The summed E-state index contributed by atoms with van der Waals surface area (Å²) >= 11 is 0. The highest BCUT2D eigenvalue weighted by atomic mass is 15.2. The fraction of sp³-hybridized carbons (Fsp3) is 0.545. The largest absolute Gasteiger partial charge is 0.366 e. The molecule has 17 heavy (non-hydrogen) atoms. The van der Waals surface area contributed by atoms with Gasteiger partial charge < -0.3 is 15.6 Å². The number of anilines is 2. The van der Waals surface area contributed by atoms with Crippen LogP contribution in [-0.4, -0.2) is 32.5 Å². The molecule has 0 spiro atoms. The molecule has 0 bridgehead atoms. The zero-order valence-electron chi connectivity index (χ0n) is 10.4. The zero-order valence-corrected chi connectivity index (χ0v) is 10.4. The lowest BCUT2D eigenvalue weighted by Gasteiger charge is -2.13.